The Morgan fingerprint density at radius 3 is 2.88 bits per heavy atom. The molecule has 0 spiro atoms. The molecule has 1 amide bonds. The highest BCUT2D eigenvalue weighted by molar-refractivity contribution is 7.99. The summed E-state index contributed by atoms with van der Waals surface area (Å²) >= 11 is 7.46. The van der Waals surface area contributed by atoms with E-state index in [1.807, 2.05) is 0 Å². The minimum atomic E-state index is -0.333. The monoisotopic (exact) mass is 388 g/mol. The zero-order valence-corrected chi connectivity index (χ0v) is 15.7. The van der Waals surface area contributed by atoms with Crippen molar-refractivity contribution in [3.8, 4) is 5.75 Å². The van der Waals surface area contributed by atoms with Gasteiger partial charge in [-0.1, -0.05) is 37.2 Å². The van der Waals surface area contributed by atoms with Gasteiger partial charge in [-0.3, -0.25) is 4.79 Å². The van der Waals surface area contributed by atoms with E-state index in [9.17, 15) is 9.90 Å². The second-order valence-corrected chi connectivity index (χ2v) is 7.82. The number of rotatable bonds is 5. The van der Waals surface area contributed by atoms with Crippen LogP contribution in [0.15, 0.2) is 46.7 Å². The molecule has 1 heterocycles. The number of carbonyl (C=O) groups excluding carboxylic acids is 1. The number of benzene rings is 2. The summed E-state index contributed by atoms with van der Waals surface area (Å²) in [6, 6.07) is 9.90. The van der Waals surface area contributed by atoms with Crippen molar-refractivity contribution >= 4 is 46.5 Å². The summed E-state index contributed by atoms with van der Waals surface area (Å²) in [4.78, 5) is 19.9. The zero-order valence-electron chi connectivity index (χ0n) is 14.2. The van der Waals surface area contributed by atoms with Crippen LogP contribution >= 0.6 is 23.4 Å². The maximum atomic E-state index is 12.3. The fourth-order valence-electron chi connectivity index (χ4n) is 2.24. The molecule has 0 saturated heterocycles. The van der Waals surface area contributed by atoms with Gasteiger partial charge >= 0.3 is 0 Å². The van der Waals surface area contributed by atoms with Crippen molar-refractivity contribution in [2.75, 3.05) is 0 Å². The highest BCUT2D eigenvalue weighted by Crippen LogP contribution is 2.24. The van der Waals surface area contributed by atoms with Gasteiger partial charge in [0.2, 0.25) is 0 Å². The molecule has 0 aliphatic rings. The summed E-state index contributed by atoms with van der Waals surface area (Å²) in [5.41, 5.74) is 5.22. The van der Waals surface area contributed by atoms with E-state index < -0.39 is 0 Å². The van der Waals surface area contributed by atoms with E-state index in [2.05, 4.69) is 34.3 Å². The summed E-state index contributed by atoms with van der Waals surface area (Å²) in [6.07, 6.45) is 1.45. The highest BCUT2D eigenvalue weighted by atomic mass is 35.5. The summed E-state index contributed by atoms with van der Waals surface area (Å²) in [7, 11) is 0. The number of aromatic amines is 1. The van der Waals surface area contributed by atoms with E-state index in [0.29, 0.717) is 16.4 Å². The largest absolute Gasteiger partial charge is 0.506 e. The molecule has 0 radical (unpaired) electrons. The predicted octanol–water partition coefficient (Wildman–Crippen LogP) is 4.19. The Bertz CT molecular complexity index is 984. The first-order valence-corrected chi connectivity index (χ1v) is 9.16. The van der Waals surface area contributed by atoms with Gasteiger partial charge in [0.15, 0.2) is 5.16 Å². The number of halogens is 1. The lowest BCUT2D eigenvalue weighted by Gasteiger charge is -2.00. The van der Waals surface area contributed by atoms with Gasteiger partial charge in [0, 0.05) is 10.8 Å². The Balaban J connectivity index is 1.70. The Morgan fingerprint density at radius 2 is 2.15 bits per heavy atom. The van der Waals surface area contributed by atoms with Crippen molar-refractivity contribution < 1.29 is 9.90 Å². The fourth-order valence-corrected chi connectivity index (χ4v) is 3.20. The van der Waals surface area contributed by atoms with Crippen molar-refractivity contribution in [2.45, 2.75) is 24.3 Å². The van der Waals surface area contributed by atoms with E-state index >= 15 is 0 Å². The predicted molar refractivity (Wildman–Crippen MR) is 105 cm³/mol. The average molecular weight is 389 g/mol. The van der Waals surface area contributed by atoms with Gasteiger partial charge in [-0.05, 0) is 42.0 Å². The average Bonchev–Trinajstić information content (AvgIpc) is 2.98. The lowest BCUT2D eigenvalue weighted by Crippen LogP contribution is -2.17. The van der Waals surface area contributed by atoms with Crippen molar-refractivity contribution in [1.29, 1.82) is 0 Å². The summed E-state index contributed by atoms with van der Waals surface area (Å²) in [5.74, 6) is -0.337. The smallest absolute Gasteiger partial charge is 0.271 e. The second-order valence-electron chi connectivity index (χ2n) is 5.85. The molecule has 0 fully saturated rings. The summed E-state index contributed by atoms with van der Waals surface area (Å²) in [5, 5.41) is 14.8. The maximum Gasteiger partial charge on any atom is 0.271 e. The molecule has 26 heavy (non-hydrogen) atoms. The number of imidazole rings is 1. The van der Waals surface area contributed by atoms with Crippen molar-refractivity contribution in [3.63, 3.8) is 0 Å². The third kappa shape index (κ3) is 4.36. The number of amides is 1. The van der Waals surface area contributed by atoms with Gasteiger partial charge in [0.1, 0.15) is 5.75 Å². The fraction of sp³-hybridized carbons (Fsp3) is 0.167. The molecule has 0 unspecified atom stereocenters. The molecule has 0 atom stereocenters. The summed E-state index contributed by atoms with van der Waals surface area (Å²) in [6.45, 7) is 4.19. The van der Waals surface area contributed by atoms with Crippen LogP contribution in [0.3, 0.4) is 0 Å². The van der Waals surface area contributed by atoms with Crippen LogP contribution in [0.2, 0.25) is 5.02 Å². The number of thioether (sulfide) groups is 1. The SMILES string of the molecule is CC(C)Sc1nc2ccc(C(=O)N/N=C\c3ccc(O)c(Cl)c3)cc2[nH]1. The molecule has 0 aliphatic heterocycles. The Labute approximate surface area is 159 Å². The van der Waals surface area contributed by atoms with E-state index in [-0.39, 0.29) is 16.7 Å². The molecule has 134 valence electrons. The number of fused-ring (bicyclic) bond motifs is 1. The number of aromatic hydroxyl groups is 1. The van der Waals surface area contributed by atoms with Crippen molar-refractivity contribution in [1.82, 2.24) is 15.4 Å². The number of phenols is 1. The first kappa shape index (κ1) is 18.3. The molecule has 1 aromatic heterocycles. The van der Waals surface area contributed by atoms with Crippen LogP contribution in [0.1, 0.15) is 29.8 Å². The van der Waals surface area contributed by atoms with E-state index in [4.69, 9.17) is 11.6 Å². The van der Waals surface area contributed by atoms with E-state index in [1.54, 1.807) is 42.1 Å². The molecule has 3 N–H and O–H groups in total. The standard InChI is InChI=1S/C18H17ClN4O2S/c1-10(2)26-18-21-14-5-4-12(8-15(14)22-18)17(25)23-20-9-11-3-6-16(24)13(19)7-11/h3-10,24H,1-2H3,(H,21,22)(H,23,25)/b20-9-. The normalized spacial score (nSPS) is 11.5. The Kier molecular flexibility index (Phi) is 5.49. The molecular weight excluding hydrogens is 372 g/mol. The first-order valence-electron chi connectivity index (χ1n) is 7.91. The van der Waals surface area contributed by atoms with Crippen molar-refractivity contribution in [2.24, 2.45) is 5.10 Å². The quantitative estimate of drug-likeness (QED) is 0.347. The second kappa shape index (κ2) is 7.80. The van der Waals surface area contributed by atoms with Crippen molar-refractivity contribution in [3.05, 3.63) is 52.5 Å². The van der Waals surface area contributed by atoms with Gasteiger partial charge in [-0.15, -0.1) is 0 Å². The molecule has 8 heteroatoms. The number of hydrazone groups is 1. The number of carbonyl (C=O) groups is 1. The first-order chi connectivity index (χ1) is 12.4. The van der Waals surface area contributed by atoms with Crippen LogP contribution in [0.4, 0.5) is 0 Å². The number of phenolic OH excluding ortho intramolecular Hbond substituents is 1. The van der Waals surface area contributed by atoms with Gasteiger partial charge in [-0.2, -0.15) is 5.10 Å². The maximum absolute atomic E-state index is 12.3. The minimum absolute atomic E-state index is 0.00397. The Morgan fingerprint density at radius 1 is 1.35 bits per heavy atom. The minimum Gasteiger partial charge on any atom is -0.506 e. The number of nitrogens with one attached hydrogen (secondary N) is 2. The van der Waals surface area contributed by atoms with Crippen LogP contribution in [0, 0.1) is 0 Å². The number of hydrogen-bond donors (Lipinski definition) is 3. The number of aromatic nitrogens is 2. The lowest BCUT2D eigenvalue weighted by atomic mass is 10.2. The van der Waals surface area contributed by atoms with E-state index in [0.717, 1.165) is 16.2 Å². The molecule has 3 rings (SSSR count). The zero-order chi connectivity index (χ0) is 18.7. The van der Waals surface area contributed by atoms with Crippen LogP contribution in [0.25, 0.3) is 11.0 Å². The van der Waals surface area contributed by atoms with Crippen LogP contribution < -0.4 is 5.43 Å². The topological polar surface area (TPSA) is 90.4 Å². The highest BCUT2D eigenvalue weighted by Gasteiger charge is 2.09. The van der Waals surface area contributed by atoms with E-state index in [1.165, 1.54) is 12.3 Å². The number of nitrogens with zero attached hydrogens (tertiary/aromatic N) is 2. The van der Waals surface area contributed by atoms with Crippen LogP contribution in [-0.2, 0) is 0 Å². The summed E-state index contributed by atoms with van der Waals surface area (Å²) < 4.78 is 0. The molecule has 0 aliphatic carbocycles. The molecule has 0 bridgehead atoms. The number of hydrogen-bond acceptors (Lipinski definition) is 5. The van der Waals surface area contributed by atoms with Gasteiger partial charge in [0.05, 0.1) is 22.3 Å². The third-order valence-corrected chi connectivity index (χ3v) is 4.61. The lowest BCUT2D eigenvalue weighted by molar-refractivity contribution is 0.0955. The molecular formula is C18H17ClN4O2S. The van der Waals surface area contributed by atoms with Gasteiger partial charge < -0.3 is 10.1 Å². The van der Waals surface area contributed by atoms with Gasteiger partial charge in [0.25, 0.3) is 5.91 Å². The molecule has 6 nitrogen and oxygen atoms in total. The van der Waals surface area contributed by atoms with Crippen LogP contribution in [0.5, 0.6) is 5.75 Å². The van der Waals surface area contributed by atoms with Crippen LogP contribution in [-0.4, -0.2) is 32.4 Å². The molecule has 3 aromatic rings. The molecule has 2 aromatic carbocycles. The third-order valence-electron chi connectivity index (χ3n) is 3.42. The Hall–Kier alpha value is -2.51. The van der Waals surface area contributed by atoms with Gasteiger partial charge in [-0.25, -0.2) is 10.4 Å². The molecule has 0 saturated carbocycles. The number of H-pyrrole nitrogens is 1.